The number of thioether (sulfide) groups is 1. The van der Waals surface area contributed by atoms with Crippen LogP contribution in [0, 0.1) is 5.92 Å². The maximum Gasteiger partial charge on any atom is 0.264 e. The largest absolute Gasteiger partial charge is 0.307 e. The molecule has 1 fully saturated rings. The molecule has 0 aliphatic carbocycles. The first kappa shape index (κ1) is 17.6. The molecule has 2 unspecified atom stereocenters. The number of rotatable bonds is 1. The van der Waals surface area contributed by atoms with Crippen LogP contribution in [-0.2, 0) is 15.0 Å². The predicted octanol–water partition coefficient (Wildman–Crippen LogP) is 3.85. The summed E-state index contributed by atoms with van der Waals surface area (Å²) in [6, 6.07) is 16.5. The minimum atomic E-state index is -0.283. The van der Waals surface area contributed by atoms with Crippen LogP contribution in [-0.4, -0.2) is 22.7 Å². The molecule has 1 saturated heterocycles. The molecular formula is C22H18N2O2S2. The fraction of sp³-hybridized carbons (Fsp3) is 0.227. The number of hydrogen-bond donors (Lipinski definition) is 1. The van der Waals surface area contributed by atoms with Gasteiger partial charge in [-0.1, -0.05) is 86.4 Å². The van der Waals surface area contributed by atoms with Crippen LogP contribution in [0.15, 0.2) is 53.4 Å². The summed E-state index contributed by atoms with van der Waals surface area (Å²) in [7, 11) is 0. The van der Waals surface area contributed by atoms with E-state index in [9.17, 15) is 9.59 Å². The van der Waals surface area contributed by atoms with Crippen molar-refractivity contribution >= 4 is 51.4 Å². The maximum atomic E-state index is 13.3. The van der Waals surface area contributed by atoms with Gasteiger partial charge in [0.25, 0.3) is 11.8 Å². The van der Waals surface area contributed by atoms with Crippen LogP contribution >= 0.6 is 24.0 Å². The second-order valence-corrected chi connectivity index (χ2v) is 9.32. The highest BCUT2D eigenvalue weighted by Gasteiger charge is 2.49. The van der Waals surface area contributed by atoms with Gasteiger partial charge >= 0.3 is 0 Å². The van der Waals surface area contributed by atoms with Gasteiger partial charge in [-0.25, -0.2) is 0 Å². The molecule has 0 spiro atoms. The minimum absolute atomic E-state index is 0.105. The molecule has 3 aliphatic heterocycles. The van der Waals surface area contributed by atoms with Crippen LogP contribution < -0.4 is 10.2 Å². The molecule has 5 rings (SSSR count). The lowest BCUT2D eigenvalue weighted by molar-refractivity contribution is -0.116. The number of amides is 2. The van der Waals surface area contributed by atoms with E-state index >= 15 is 0 Å². The van der Waals surface area contributed by atoms with E-state index in [2.05, 4.69) is 49.5 Å². The van der Waals surface area contributed by atoms with Gasteiger partial charge in [0.15, 0.2) is 0 Å². The van der Waals surface area contributed by atoms with Crippen molar-refractivity contribution in [2.75, 3.05) is 11.4 Å². The Morgan fingerprint density at radius 1 is 1.14 bits per heavy atom. The van der Waals surface area contributed by atoms with Gasteiger partial charge in [-0.15, -0.1) is 0 Å². The Hall–Kier alpha value is -2.44. The first-order chi connectivity index (χ1) is 13.4. The zero-order valence-electron chi connectivity index (χ0n) is 15.5. The van der Waals surface area contributed by atoms with Gasteiger partial charge in [-0.2, -0.15) is 0 Å². The fourth-order valence-electron chi connectivity index (χ4n) is 4.63. The highest BCUT2D eigenvalue weighted by atomic mass is 32.2. The van der Waals surface area contributed by atoms with Crippen LogP contribution in [0.2, 0.25) is 0 Å². The molecule has 0 aromatic heterocycles. The van der Waals surface area contributed by atoms with E-state index in [1.165, 1.54) is 17.3 Å². The Balaban J connectivity index is 1.78. The van der Waals surface area contributed by atoms with Gasteiger partial charge in [0.2, 0.25) is 0 Å². The molecule has 1 N–H and O–H groups in total. The molecule has 3 aliphatic rings. The molecule has 0 radical (unpaired) electrons. The smallest absolute Gasteiger partial charge is 0.264 e. The van der Waals surface area contributed by atoms with Crippen molar-refractivity contribution in [2.24, 2.45) is 5.92 Å². The average Bonchev–Trinajstić information content (AvgIpc) is 3.16. The first-order valence-corrected chi connectivity index (χ1v) is 10.4. The molecule has 2 amide bonds. The van der Waals surface area contributed by atoms with Crippen LogP contribution in [0.3, 0.4) is 0 Å². The Morgan fingerprint density at radius 3 is 2.57 bits per heavy atom. The number of nitrogens with one attached hydrogen (secondary N) is 1. The number of para-hydroxylation sites is 1. The molecule has 140 valence electrons. The van der Waals surface area contributed by atoms with Crippen molar-refractivity contribution in [1.82, 2.24) is 5.32 Å². The highest BCUT2D eigenvalue weighted by Crippen LogP contribution is 2.54. The molecular weight excluding hydrogens is 388 g/mol. The monoisotopic (exact) mass is 406 g/mol. The number of hydrogen-bond acceptors (Lipinski definition) is 4. The van der Waals surface area contributed by atoms with Crippen LogP contribution in [0.4, 0.5) is 5.69 Å². The molecule has 2 aromatic carbocycles. The first-order valence-electron chi connectivity index (χ1n) is 9.21. The maximum absolute atomic E-state index is 13.3. The van der Waals surface area contributed by atoms with Gasteiger partial charge < -0.3 is 10.2 Å². The average molecular weight is 407 g/mol. The quantitative estimate of drug-likeness (QED) is 0.577. The van der Waals surface area contributed by atoms with Gasteiger partial charge in [0, 0.05) is 17.5 Å². The number of anilines is 1. The van der Waals surface area contributed by atoms with E-state index in [1.54, 1.807) is 0 Å². The molecule has 4 nitrogen and oxygen atoms in total. The predicted molar refractivity (Wildman–Crippen MR) is 116 cm³/mol. The van der Waals surface area contributed by atoms with Gasteiger partial charge in [0.1, 0.15) is 4.32 Å². The lowest BCUT2D eigenvalue weighted by Gasteiger charge is -2.45. The molecule has 0 bridgehead atoms. The number of nitrogens with zero attached hydrogens (tertiary/aromatic N) is 1. The zero-order valence-corrected chi connectivity index (χ0v) is 17.1. The van der Waals surface area contributed by atoms with Crippen molar-refractivity contribution in [2.45, 2.75) is 19.3 Å². The normalized spacial score (nSPS) is 28.6. The Kier molecular flexibility index (Phi) is 3.80. The van der Waals surface area contributed by atoms with Crippen LogP contribution in [0.1, 0.15) is 30.5 Å². The Morgan fingerprint density at radius 2 is 1.89 bits per heavy atom. The van der Waals surface area contributed by atoms with E-state index in [0.29, 0.717) is 21.3 Å². The topological polar surface area (TPSA) is 49.4 Å². The van der Waals surface area contributed by atoms with E-state index in [-0.39, 0.29) is 23.1 Å². The van der Waals surface area contributed by atoms with Crippen LogP contribution in [0.5, 0.6) is 0 Å². The lowest BCUT2D eigenvalue weighted by Crippen LogP contribution is -2.46. The molecule has 2 aromatic rings. The second kappa shape index (κ2) is 6.03. The lowest BCUT2D eigenvalue weighted by atomic mass is 9.65. The number of benzene rings is 2. The summed E-state index contributed by atoms with van der Waals surface area (Å²) in [5, 5.41) is 2.64. The molecule has 28 heavy (non-hydrogen) atoms. The van der Waals surface area contributed by atoms with Crippen molar-refractivity contribution < 1.29 is 9.59 Å². The molecule has 2 atom stereocenters. The number of thiocarbonyl (C=S) groups is 1. The Labute approximate surface area is 173 Å². The summed E-state index contributed by atoms with van der Waals surface area (Å²) in [6.45, 7) is 5.05. The minimum Gasteiger partial charge on any atom is -0.307 e. The SMILES string of the molecule is CC1CN2C(=O)C(=C3SC(=S)NC3=O)c3cccc(c32)C1(C)c1ccccc1. The Bertz CT molecular complexity index is 1090. The molecule has 6 heteroatoms. The van der Waals surface area contributed by atoms with Crippen molar-refractivity contribution in [3.05, 3.63) is 70.1 Å². The summed E-state index contributed by atoms with van der Waals surface area (Å²) < 4.78 is 0.397. The fourth-order valence-corrected chi connectivity index (χ4v) is 5.74. The molecule has 0 saturated carbocycles. The number of carbonyl (C=O) groups is 2. The summed E-state index contributed by atoms with van der Waals surface area (Å²) in [5.74, 6) is -0.168. The third-order valence-electron chi connectivity index (χ3n) is 6.25. The van der Waals surface area contributed by atoms with E-state index < -0.39 is 0 Å². The zero-order chi connectivity index (χ0) is 19.6. The third kappa shape index (κ3) is 2.22. The van der Waals surface area contributed by atoms with Crippen molar-refractivity contribution in [1.29, 1.82) is 0 Å². The third-order valence-corrected chi connectivity index (χ3v) is 7.49. The summed E-state index contributed by atoms with van der Waals surface area (Å²) in [6.07, 6.45) is 0. The van der Waals surface area contributed by atoms with Crippen molar-refractivity contribution in [3.8, 4) is 0 Å². The van der Waals surface area contributed by atoms with Gasteiger partial charge in [0.05, 0.1) is 16.2 Å². The summed E-state index contributed by atoms with van der Waals surface area (Å²) in [5.41, 5.74) is 4.39. The van der Waals surface area contributed by atoms with Gasteiger partial charge in [-0.3, -0.25) is 9.59 Å². The summed E-state index contributed by atoms with van der Waals surface area (Å²) in [4.78, 5) is 28.0. The highest BCUT2D eigenvalue weighted by molar-refractivity contribution is 8.27. The summed E-state index contributed by atoms with van der Waals surface area (Å²) >= 11 is 6.31. The molecule has 3 heterocycles. The second-order valence-electron chi connectivity index (χ2n) is 7.63. The van der Waals surface area contributed by atoms with E-state index in [0.717, 1.165) is 16.8 Å². The van der Waals surface area contributed by atoms with Crippen LogP contribution in [0.25, 0.3) is 5.57 Å². The number of carbonyl (C=O) groups excluding carboxylic acids is 2. The standard InChI is InChI=1S/C22H18N2O2S2/c1-12-11-24-17-14(16(20(24)26)18-19(25)23-21(27)28-18)9-6-10-15(17)22(12,2)13-7-4-3-5-8-13/h3-10,12H,11H2,1-2H3,(H,23,25,27). The van der Waals surface area contributed by atoms with E-state index in [1.807, 2.05) is 23.1 Å². The van der Waals surface area contributed by atoms with E-state index in [4.69, 9.17) is 12.2 Å². The van der Waals surface area contributed by atoms with Crippen molar-refractivity contribution in [3.63, 3.8) is 0 Å². The van der Waals surface area contributed by atoms with Gasteiger partial charge in [-0.05, 0) is 17.0 Å².